The summed E-state index contributed by atoms with van der Waals surface area (Å²) in [5, 5.41) is 32.5. The molecule has 0 aromatic heterocycles. The van der Waals surface area contributed by atoms with E-state index in [4.69, 9.17) is 0 Å². The van der Waals surface area contributed by atoms with Crippen LogP contribution >= 0.6 is 0 Å². The molecule has 0 aliphatic rings. The van der Waals surface area contributed by atoms with E-state index in [1.807, 2.05) is 0 Å². The highest BCUT2D eigenvalue weighted by atomic mass is 16.6. The van der Waals surface area contributed by atoms with Crippen molar-refractivity contribution in [1.29, 1.82) is 0 Å². The van der Waals surface area contributed by atoms with Crippen LogP contribution in [0.3, 0.4) is 0 Å². The van der Waals surface area contributed by atoms with Gasteiger partial charge < -0.3 is 15.5 Å². The molecule has 1 amide bonds. The van der Waals surface area contributed by atoms with Crippen molar-refractivity contribution >= 4 is 17.3 Å². The molecule has 0 fully saturated rings. The average molecular weight is 274 g/mol. The molecule has 0 heterocycles. The second-order valence-corrected chi connectivity index (χ2v) is 3.90. The van der Waals surface area contributed by atoms with E-state index in [0.29, 0.717) is 5.69 Å². The van der Waals surface area contributed by atoms with Crippen LogP contribution < -0.4 is 5.32 Å². The van der Waals surface area contributed by atoms with Crippen LogP contribution in [0.5, 0.6) is 11.5 Å². The van der Waals surface area contributed by atoms with Gasteiger partial charge in [0.1, 0.15) is 11.3 Å². The second kappa shape index (κ2) is 5.27. The van der Waals surface area contributed by atoms with Crippen molar-refractivity contribution in [3.05, 3.63) is 58.1 Å². The van der Waals surface area contributed by atoms with Crippen LogP contribution in [-0.4, -0.2) is 21.0 Å². The molecule has 7 heteroatoms. The monoisotopic (exact) mass is 274 g/mol. The number of nitrogens with one attached hydrogen (secondary N) is 1. The maximum Gasteiger partial charge on any atom is 0.311 e. The molecule has 0 spiro atoms. The van der Waals surface area contributed by atoms with Gasteiger partial charge in [0.25, 0.3) is 5.91 Å². The smallest absolute Gasteiger partial charge is 0.311 e. The van der Waals surface area contributed by atoms with Crippen LogP contribution in [0.15, 0.2) is 42.5 Å². The van der Waals surface area contributed by atoms with Crippen LogP contribution in [0.1, 0.15) is 10.4 Å². The minimum absolute atomic E-state index is 0.433. The van der Waals surface area contributed by atoms with Gasteiger partial charge in [-0.15, -0.1) is 0 Å². The lowest BCUT2D eigenvalue weighted by molar-refractivity contribution is -0.385. The van der Waals surface area contributed by atoms with Gasteiger partial charge in [0.05, 0.1) is 4.92 Å². The molecule has 102 valence electrons. The number of rotatable bonds is 3. The molecular weight excluding hydrogens is 264 g/mol. The zero-order chi connectivity index (χ0) is 14.7. The van der Waals surface area contributed by atoms with Crippen LogP contribution in [0, 0.1) is 10.1 Å². The number of phenols is 2. The Morgan fingerprint density at radius 2 is 1.75 bits per heavy atom. The number of amides is 1. The van der Waals surface area contributed by atoms with Crippen LogP contribution in [0.2, 0.25) is 0 Å². The third kappa shape index (κ3) is 2.51. The summed E-state index contributed by atoms with van der Waals surface area (Å²) in [5.41, 5.74) is -0.758. The first-order chi connectivity index (χ1) is 9.50. The summed E-state index contributed by atoms with van der Waals surface area (Å²) in [4.78, 5) is 21.8. The first-order valence-corrected chi connectivity index (χ1v) is 5.56. The molecule has 2 aromatic carbocycles. The third-order valence-electron chi connectivity index (χ3n) is 2.59. The van der Waals surface area contributed by atoms with Crippen molar-refractivity contribution in [3.8, 4) is 11.5 Å². The molecule has 0 atom stereocenters. The van der Waals surface area contributed by atoms with Gasteiger partial charge in [-0.05, 0) is 18.2 Å². The topological polar surface area (TPSA) is 113 Å². The highest BCUT2D eigenvalue weighted by Crippen LogP contribution is 2.35. The van der Waals surface area contributed by atoms with Gasteiger partial charge in [0.15, 0.2) is 0 Å². The second-order valence-electron chi connectivity index (χ2n) is 3.90. The van der Waals surface area contributed by atoms with E-state index < -0.39 is 33.6 Å². The number of carbonyl (C=O) groups excluding carboxylic acids is 1. The number of benzene rings is 2. The van der Waals surface area contributed by atoms with Crippen LogP contribution in [0.25, 0.3) is 0 Å². The van der Waals surface area contributed by atoms with E-state index in [0.717, 1.165) is 12.1 Å². The molecule has 7 nitrogen and oxygen atoms in total. The maximum absolute atomic E-state index is 12.0. The number of nitro benzene ring substituents is 1. The Bertz CT molecular complexity index is 670. The minimum Gasteiger partial charge on any atom is -0.507 e. The Kier molecular flexibility index (Phi) is 3.52. The number of phenolic OH excluding ortho intramolecular Hbond substituents is 2. The molecule has 3 N–H and O–H groups in total. The molecule has 0 unspecified atom stereocenters. The van der Waals surface area contributed by atoms with Gasteiger partial charge in [0, 0.05) is 11.8 Å². The largest absolute Gasteiger partial charge is 0.507 e. The van der Waals surface area contributed by atoms with E-state index in [1.165, 1.54) is 0 Å². The van der Waals surface area contributed by atoms with Gasteiger partial charge in [-0.1, -0.05) is 18.2 Å². The maximum atomic E-state index is 12.0. The number of hydrogen-bond donors (Lipinski definition) is 3. The Balaban J connectivity index is 2.39. The average Bonchev–Trinajstić information content (AvgIpc) is 2.39. The van der Waals surface area contributed by atoms with Gasteiger partial charge in [-0.25, -0.2) is 0 Å². The van der Waals surface area contributed by atoms with E-state index in [1.54, 1.807) is 30.3 Å². The van der Waals surface area contributed by atoms with Gasteiger partial charge >= 0.3 is 5.69 Å². The van der Waals surface area contributed by atoms with Crippen molar-refractivity contribution in [2.24, 2.45) is 0 Å². The Morgan fingerprint density at radius 3 is 2.35 bits per heavy atom. The predicted molar refractivity (Wildman–Crippen MR) is 70.8 cm³/mol. The zero-order valence-electron chi connectivity index (χ0n) is 10.1. The number of nitrogens with zero attached hydrogens (tertiary/aromatic N) is 1. The molecule has 0 saturated carbocycles. The molecule has 0 saturated heterocycles. The van der Waals surface area contributed by atoms with E-state index >= 15 is 0 Å². The predicted octanol–water partition coefficient (Wildman–Crippen LogP) is 2.26. The lowest BCUT2D eigenvalue weighted by Gasteiger charge is -2.08. The molecule has 2 aromatic rings. The normalized spacial score (nSPS) is 10.0. The lowest BCUT2D eigenvalue weighted by Crippen LogP contribution is -2.12. The highest BCUT2D eigenvalue weighted by Gasteiger charge is 2.25. The summed E-state index contributed by atoms with van der Waals surface area (Å²) >= 11 is 0. The minimum atomic E-state index is -0.872. The van der Waals surface area contributed by atoms with Crippen LogP contribution in [-0.2, 0) is 0 Å². The van der Waals surface area contributed by atoms with Gasteiger partial charge in [-0.2, -0.15) is 0 Å². The number of aromatic hydroxyl groups is 2. The van der Waals surface area contributed by atoms with Crippen LogP contribution in [0.4, 0.5) is 11.4 Å². The summed E-state index contributed by atoms with van der Waals surface area (Å²) in [6.07, 6.45) is 0. The standard InChI is InChI=1S/C13H10N2O5/c16-10-7-6-9(15(19)20)12(17)11(10)13(18)14-8-4-2-1-3-5-8/h1-7,16-17H,(H,14,18). The van der Waals surface area contributed by atoms with E-state index in [2.05, 4.69) is 5.32 Å². The Morgan fingerprint density at radius 1 is 1.10 bits per heavy atom. The Hall–Kier alpha value is -3.09. The fourth-order valence-electron chi connectivity index (χ4n) is 1.66. The fourth-order valence-corrected chi connectivity index (χ4v) is 1.66. The van der Waals surface area contributed by atoms with Crippen molar-refractivity contribution in [3.63, 3.8) is 0 Å². The summed E-state index contributed by atoms with van der Waals surface area (Å²) in [6.45, 7) is 0. The van der Waals surface area contributed by atoms with E-state index in [-0.39, 0.29) is 0 Å². The first-order valence-electron chi connectivity index (χ1n) is 5.56. The molecular formula is C13H10N2O5. The fraction of sp³-hybridized carbons (Fsp3) is 0. The highest BCUT2D eigenvalue weighted by molar-refractivity contribution is 6.08. The summed E-state index contributed by atoms with van der Waals surface area (Å²) in [5.74, 6) is -2.25. The van der Waals surface area contributed by atoms with Crippen molar-refractivity contribution in [2.45, 2.75) is 0 Å². The molecule has 0 bridgehead atoms. The van der Waals surface area contributed by atoms with Crippen molar-refractivity contribution < 1.29 is 19.9 Å². The van der Waals surface area contributed by atoms with Gasteiger partial charge in [-0.3, -0.25) is 14.9 Å². The first kappa shape index (κ1) is 13.3. The van der Waals surface area contributed by atoms with Crippen molar-refractivity contribution in [2.75, 3.05) is 5.32 Å². The Labute approximate surface area is 113 Å². The molecule has 0 aliphatic carbocycles. The number of anilines is 1. The quantitative estimate of drug-likeness (QED) is 0.587. The molecule has 2 rings (SSSR count). The number of carbonyl (C=O) groups is 1. The molecule has 20 heavy (non-hydrogen) atoms. The zero-order valence-corrected chi connectivity index (χ0v) is 10.1. The summed E-state index contributed by atoms with van der Waals surface area (Å²) in [6, 6.07) is 10.2. The summed E-state index contributed by atoms with van der Waals surface area (Å²) < 4.78 is 0. The number of para-hydroxylation sites is 1. The number of hydrogen-bond acceptors (Lipinski definition) is 5. The molecule has 0 aliphatic heterocycles. The SMILES string of the molecule is O=C(Nc1ccccc1)c1c(O)ccc([N+](=O)[O-])c1O. The summed E-state index contributed by atoms with van der Waals surface area (Å²) in [7, 11) is 0. The van der Waals surface area contributed by atoms with Gasteiger partial charge in [0.2, 0.25) is 5.75 Å². The van der Waals surface area contributed by atoms with Crippen molar-refractivity contribution in [1.82, 2.24) is 0 Å². The number of nitro groups is 1. The molecule has 0 radical (unpaired) electrons. The van der Waals surface area contributed by atoms with E-state index in [9.17, 15) is 25.1 Å². The lowest BCUT2D eigenvalue weighted by atomic mass is 10.1. The third-order valence-corrected chi connectivity index (χ3v) is 2.59.